The maximum absolute atomic E-state index is 12.0. The maximum atomic E-state index is 12.0. The second-order valence-corrected chi connectivity index (χ2v) is 4.66. The maximum Gasteiger partial charge on any atom is 0.323 e. The summed E-state index contributed by atoms with van der Waals surface area (Å²) < 4.78 is 0. The number of nitrogens with zero attached hydrogens (tertiary/aromatic N) is 2. The molecular formula is C14H20N2O3. The SMILES string of the molecule is CC(C(=O)N(C)CC(=O)O)N(C)Cc1ccccc1. The molecule has 1 N–H and O–H groups in total. The summed E-state index contributed by atoms with van der Waals surface area (Å²) in [7, 11) is 3.35. The van der Waals surface area contributed by atoms with Crippen LogP contribution < -0.4 is 0 Å². The molecule has 0 aromatic heterocycles. The Labute approximate surface area is 113 Å². The Kier molecular flexibility index (Phi) is 5.51. The fourth-order valence-corrected chi connectivity index (χ4v) is 1.80. The first kappa shape index (κ1) is 15.2. The first-order valence-corrected chi connectivity index (χ1v) is 6.12. The standard InChI is InChI=1S/C14H20N2O3/c1-11(14(19)16(3)10-13(17)18)15(2)9-12-7-5-4-6-8-12/h4-8,11H,9-10H2,1-3H3,(H,17,18). The van der Waals surface area contributed by atoms with Gasteiger partial charge in [0.1, 0.15) is 6.54 Å². The molecule has 1 amide bonds. The summed E-state index contributed by atoms with van der Waals surface area (Å²) in [5.74, 6) is -1.20. The zero-order valence-electron chi connectivity index (χ0n) is 11.5. The Hall–Kier alpha value is -1.88. The zero-order valence-corrected chi connectivity index (χ0v) is 11.5. The van der Waals surface area contributed by atoms with E-state index in [1.54, 1.807) is 6.92 Å². The summed E-state index contributed by atoms with van der Waals surface area (Å²) >= 11 is 0. The number of carboxylic acids is 1. The third kappa shape index (κ3) is 4.71. The van der Waals surface area contributed by atoms with Crippen LogP contribution in [0.2, 0.25) is 0 Å². The first-order chi connectivity index (χ1) is 8.91. The summed E-state index contributed by atoms with van der Waals surface area (Å²) in [6.45, 7) is 2.15. The fraction of sp³-hybridized carbons (Fsp3) is 0.429. The zero-order chi connectivity index (χ0) is 14.4. The van der Waals surface area contributed by atoms with E-state index in [-0.39, 0.29) is 18.5 Å². The molecule has 0 bridgehead atoms. The van der Waals surface area contributed by atoms with Crippen molar-refractivity contribution in [2.45, 2.75) is 19.5 Å². The second kappa shape index (κ2) is 6.89. The van der Waals surface area contributed by atoms with Gasteiger partial charge in [-0.15, -0.1) is 0 Å². The quantitative estimate of drug-likeness (QED) is 0.834. The minimum atomic E-state index is -1.01. The van der Waals surface area contributed by atoms with Gasteiger partial charge in [-0.05, 0) is 19.5 Å². The molecule has 0 aliphatic carbocycles. The molecule has 0 heterocycles. The van der Waals surface area contributed by atoms with Crippen LogP contribution in [0.15, 0.2) is 30.3 Å². The Morgan fingerprint density at radius 1 is 1.21 bits per heavy atom. The fourth-order valence-electron chi connectivity index (χ4n) is 1.80. The molecule has 0 aliphatic rings. The highest BCUT2D eigenvalue weighted by Crippen LogP contribution is 2.07. The van der Waals surface area contributed by atoms with Gasteiger partial charge in [-0.3, -0.25) is 14.5 Å². The van der Waals surface area contributed by atoms with Gasteiger partial charge in [-0.25, -0.2) is 0 Å². The van der Waals surface area contributed by atoms with Crippen LogP contribution in [0.25, 0.3) is 0 Å². The summed E-state index contributed by atoms with van der Waals surface area (Å²) in [5, 5.41) is 8.68. The van der Waals surface area contributed by atoms with Gasteiger partial charge in [-0.1, -0.05) is 30.3 Å². The third-order valence-corrected chi connectivity index (χ3v) is 3.04. The lowest BCUT2D eigenvalue weighted by Crippen LogP contribution is -2.45. The van der Waals surface area contributed by atoms with Gasteiger partial charge in [0.2, 0.25) is 5.91 Å². The first-order valence-electron chi connectivity index (χ1n) is 6.12. The van der Waals surface area contributed by atoms with Gasteiger partial charge in [0, 0.05) is 13.6 Å². The van der Waals surface area contributed by atoms with Crippen LogP contribution in [0.5, 0.6) is 0 Å². The van der Waals surface area contributed by atoms with Crippen LogP contribution in [0.1, 0.15) is 12.5 Å². The number of hydrogen-bond donors (Lipinski definition) is 1. The highest BCUT2D eigenvalue weighted by molar-refractivity contribution is 5.84. The van der Waals surface area contributed by atoms with Gasteiger partial charge < -0.3 is 10.0 Å². The highest BCUT2D eigenvalue weighted by Gasteiger charge is 2.22. The molecule has 0 aliphatic heterocycles. The Bertz CT molecular complexity index is 434. The molecular weight excluding hydrogens is 244 g/mol. The summed E-state index contributed by atoms with van der Waals surface area (Å²) in [5.41, 5.74) is 1.12. The van der Waals surface area contributed by atoms with E-state index in [0.717, 1.165) is 5.56 Å². The van der Waals surface area contributed by atoms with Crippen LogP contribution >= 0.6 is 0 Å². The number of carbonyl (C=O) groups excluding carboxylic acids is 1. The predicted octanol–water partition coefficient (Wildman–Crippen LogP) is 1.05. The second-order valence-electron chi connectivity index (χ2n) is 4.66. The van der Waals surface area contributed by atoms with Gasteiger partial charge >= 0.3 is 5.97 Å². The van der Waals surface area contributed by atoms with Gasteiger partial charge in [0.05, 0.1) is 6.04 Å². The molecule has 1 aromatic carbocycles. The third-order valence-electron chi connectivity index (χ3n) is 3.04. The molecule has 0 spiro atoms. The molecule has 1 unspecified atom stereocenters. The van der Waals surface area contributed by atoms with Crippen molar-refractivity contribution in [2.75, 3.05) is 20.6 Å². The lowest BCUT2D eigenvalue weighted by atomic mass is 10.2. The van der Waals surface area contributed by atoms with Crippen LogP contribution in [-0.2, 0) is 16.1 Å². The number of carboxylic acid groups (broad SMARTS) is 1. The molecule has 0 radical (unpaired) electrons. The minimum Gasteiger partial charge on any atom is -0.480 e. The largest absolute Gasteiger partial charge is 0.480 e. The normalized spacial score (nSPS) is 12.2. The molecule has 1 atom stereocenters. The van der Waals surface area contributed by atoms with Crippen molar-refractivity contribution in [3.05, 3.63) is 35.9 Å². The molecule has 0 saturated carbocycles. The van der Waals surface area contributed by atoms with E-state index in [1.165, 1.54) is 11.9 Å². The molecule has 5 nitrogen and oxygen atoms in total. The molecule has 19 heavy (non-hydrogen) atoms. The van der Waals surface area contributed by atoms with E-state index in [1.807, 2.05) is 42.3 Å². The molecule has 0 fully saturated rings. The van der Waals surface area contributed by atoms with Gasteiger partial charge in [0.25, 0.3) is 0 Å². The number of rotatable bonds is 6. The van der Waals surface area contributed by atoms with Crippen molar-refractivity contribution >= 4 is 11.9 Å². The molecule has 0 saturated heterocycles. The van der Waals surface area contributed by atoms with E-state index in [4.69, 9.17) is 5.11 Å². The lowest BCUT2D eigenvalue weighted by Gasteiger charge is -2.27. The van der Waals surface area contributed by atoms with Crippen molar-refractivity contribution in [3.63, 3.8) is 0 Å². The predicted molar refractivity (Wildman–Crippen MR) is 72.6 cm³/mol. The monoisotopic (exact) mass is 264 g/mol. The molecule has 5 heteroatoms. The van der Waals surface area contributed by atoms with Crippen molar-refractivity contribution in [1.82, 2.24) is 9.80 Å². The van der Waals surface area contributed by atoms with Gasteiger partial charge in [0.15, 0.2) is 0 Å². The smallest absolute Gasteiger partial charge is 0.323 e. The Balaban J connectivity index is 2.59. The van der Waals surface area contributed by atoms with E-state index in [0.29, 0.717) is 6.54 Å². The average Bonchev–Trinajstić information content (AvgIpc) is 2.37. The number of benzene rings is 1. The lowest BCUT2D eigenvalue weighted by molar-refractivity contribution is -0.145. The molecule has 1 rings (SSSR count). The number of carbonyl (C=O) groups is 2. The number of aliphatic carboxylic acids is 1. The van der Waals surface area contributed by atoms with Crippen molar-refractivity contribution in [3.8, 4) is 0 Å². The summed E-state index contributed by atoms with van der Waals surface area (Å²) in [4.78, 5) is 25.8. The topological polar surface area (TPSA) is 60.9 Å². The van der Waals surface area contributed by atoms with Crippen LogP contribution in [0.4, 0.5) is 0 Å². The van der Waals surface area contributed by atoms with Crippen LogP contribution in [0.3, 0.4) is 0 Å². The van der Waals surface area contributed by atoms with E-state index < -0.39 is 5.97 Å². The number of amides is 1. The van der Waals surface area contributed by atoms with E-state index in [2.05, 4.69) is 0 Å². The Morgan fingerprint density at radius 3 is 2.32 bits per heavy atom. The number of hydrogen-bond acceptors (Lipinski definition) is 3. The highest BCUT2D eigenvalue weighted by atomic mass is 16.4. The van der Waals surface area contributed by atoms with Gasteiger partial charge in [-0.2, -0.15) is 0 Å². The summed E-state index contributed by atoms with van der Waals surface area (Å²) in [6, 6.07) is 9.48. The minimum absolute atomic E-state index is 0.194. The van der Waals surface area contributed by atoms with Crippen molar-refractivity contribution in [2.24, 2.45) is 0 Å². The summed E-state index contributed by atoms with van der Waals surface area (Å²) in [6.07, 6.45) is 0. The van der Waals surface area contributed by atoms with Crippen molar-refractivity contribution < 1.29 is 14.7 Å². The number of likely N-dealkylation sites (N-methyl/N-ethyl adjacent to an activating group) is 2. The van der Waals surface area contributed by atoms with Crippen LogP contribution in [-0.4, -0.2) is 53.5 Å². The van der Waals surface area contributed by atoms with E-state index >= 15 is 0 Å². The average molecular weight is 264 g/mol. The molecule has 1 aromatic rings. The van der Waals surface area contributed by atoms with Crippen molar-refractivity contribution in [1.29, 1.82) is 0 Å². The van der Waals surface area contributed by atoms with Crippen LogP contribution in [0, 0.1) is 0 Å². The van der Waals surface area contributed by atoms with E-state index in [9.17, 15) is 9.59 Å². The molecule has 104 valence electrons. The Morgan fingerprint density at radius 2 is 1.79 bits per heavy atom.